The van der Waals surface area contributed by atoms with Gasteiger partial charge in [0, 0.05) is 18.1 Å². The maximum absolute atomic E-state index is 13.0. The number of hydrogen-bond acceptors (Lipinski definition) is 5. The number of ether oxygens (including phenoxy) is 1. The summed E-state index contributed by atoms with van der Waals surface area (Å²) in [6.45, 7) is 6.13. The molecule has 3 rings (SSSR count). The Balaban J connectivity index is 2.04. The van der Waals surface area contributed by atoms with Crippen LogP contribution in [0.3, 0.4) is 0 Å². The van der Waals surface area contributed by atoms with E-state index in [4.69, 9.17) is 4.74 Å². The number of benzene rings is 1. The number of carbonyl (C=O) groups is 1. The van der Waals surface area contributed by atoms with Gasteiger partial charge in [-0.1, -0.05) is 12.1 Å². The van der Waals surface area contributed by atoms with E-state index in [1.165, 1.54) is 0 Å². The Morgan fingerprint density at radius 1 is 1.40 bits per heavy atom. The van der Waals surface area contributed by atoms with Crippen molar-refractivity contribution in [3.05, 3.63) is 40.3 Å². The maximum atomic E-state index is 13.0. The second-order valence-corrected chi connectivity index (χ2v) is 6.77. The molecule has 0 bridgehead atoms. The first-order chi connectivity index (χ1) is 12.0. The van der Waals surface area contributed by atoms with Crippen LogP contribution in [0.25, 0.3) is 11.0 Å². The number of nitrogens with zero attached hydrogens (tertiary/aromatic N) is 2. The van der Waals surface area contributed by atoms with Crippen molar-refractivity contribution in [1.29, 1.82) is 0 Å². The topological polar surface area (TPSA) is 73.2 Å². The molecule has 2 aromatic rings. The summed E-state index contributed by atoms with van der Waals surface area (Å²) in [5.41, 5.74) is 0.861. The third-order valence-electron chi connectivity index (χ3n) is 4.80. The van der Waals surface area contributed by atoms with E-state index in [0.717, 1.165) is 24.8 Å². The van der Waals surface area contributed by atoms with Crippen LogP contribution >= 0.6 is 0 Å². The summed E-state index contributed by atoms with van der Waals surface area (Å²) in [6.07, 6.45) is 3.09. The summed E-state index contributed by atoms with van der Waals surface area (Å²) in [6, 6.07) is 8.27. The minimum Gasteiger partial charge on any atom is -0.461 e. The number of para-hydroxylation sites is 2. The van der Waals surface area contributed by atoms with Gasteiger partial charge in [-0.25, -0.2) is 9.78 Å². The number of aromatic nitrogens is 2. The van der Waals surface area contributed by atoms with Crippen molar-refractivity contribution in [2.45, 2.75) is 58.2 Å². The molecule has 2 heterocycles. The van der Waals surface area contributed by atoms with Crippen LogP contribution < -0.4 is 10.9 Å². The van der Waals surface area contributed by atoms with E-state index in [9.17, 15) is 9.59 Å². The minimum atomic E-state index is -0.660. The molecule has 0 saturated carbocycles. The van der Waals surface area contributed by atoms with Gasteiger partial charge in [0.1, 0.15) is 0 Å². The largest absolute Gasteiger partial charge is 0.461 e. The summed E-state index contributed by atoms with van der Waals surface area (Å²) < 4.78 is 6.71. The van der Waals surface area contributed by atoms with Crippen molar-refractivity contribution in [3.63, 3.8) is 0 Å². The van der Waals surface area contributed by atoms with Crippen molar-refractivity contribution >= 4 is 17.0 Å². The SMILES string of the molecule is CCOC(=O)c1nc2ccccc2n(C(C)CC2CCC(C)N2)c1=O. The van der Waals surface area contributed by atoms with E-state index in [-0.39, 0.29) is 23.9 Å². The van der Waals surface area contributed by atoms with E-state index in [1.807, 2.05) is 31.2 Å². The first kappa shape index (κ1) is 17.6. The van der Waals surface area contributed by atoms with Crippen LogP contribution in [0.1, 0.15) is 56.6 Å². The molecule has 1 aliphatic heterocycles. The predicted octanol–water partition coefficient (Wildman–Crippen LogP) is 2.66. The van der Waals surface area contributed by atoms with Gasteiger partial charge in [0.05, 0.1) is 17.6 Å². The van der Waals surface area contributed by atoms with Crippen molar-refractivity contribution in [1.82, 2.24) is 14.9 Å². The second-order valence-electron chi connectivity index (χ2n) is 6.77. The minimum absolute atomic E-state index is 0.0450. The summed E-state index contributed by atoms with van der Waals surface area (Å²) in [7, 11) is 0. The van der Waals surface area contributed by atoms with E-state index in [1.54, 1.807) is 11.5 Å². The van der Waals surface area contributed by atoms with E-state index in [0.29, 0.717) is 17.6 Å². The molecule has 1 fully saturated rings. The fourth-order valence-corrected chi connectivity index (χ4v) is 3.65. The third-order valence-corrected chi connectivity index (χ3v) is 4.80. The normalized spacial score (nSPS) is 21.4. The molecule has 6 heteroatoms. The molecule has 3 unspecified atom stereocenters. The predicted molar refractivity (Wildman–Crippen MR) is 96.9 cm³/mol. The van der Waals surface area contributed by atoms with Crippen molar-refractivity contribution in [2.75, 3.05) is 6.61 Å². The van der Waals surface area contributed by atoms with Crippen LogP contribution in [-0.2, 0) is 4.74 Å². The zero-order valence-corrected chi connectivity index (χ0v) is 15.0. The van der Waals surface area contributed by atoms with Gasteiger partial charge >= 0.3 is 5.97 Å². The van der Waals surface area contributed by atoms with Gasteiger partial charge in [-0.2, -0.15) is 0 Å². The number of esters is 1. The molecular formula is C19H25N3O3. The zero-order valence-electron chi connectivity index (χ0n) is 15.0. The van der Waals surface area contributed by atoms with Crippen molar-refractivity contribution < 1.29 is 9.53 Å². The number of carbonyl (C=O) groups excluding carboxylic acids is 1. The molecule has 0 spiro atoms. The number of fused-ring (bicyclic) bond motifs is 1. The van der Waals surface area contributed by atoms with Crippen molar-refractivity contribution in [2.24, 2.45) is 0 Å². The smallest absolute Gasteiger partial charge is 0.362 e. The highest BCUT2D eigenvalue weighted by Crippen LogP contribution is 2.23. The van der Waals surface area contributed by atoms with Crippen LogP contribution in [-0.4, -0.2) is 34.2 Å². The zero-order chi connectivity index (χ0) is 18.0. The summed E-state index contributed by atoms with van der Waals surface area (Å²) in [5, 5.41) is 3.56. The fourth-order valence-electron chi connectivity index (χ4n) is 3.65. The average molecular weight is 343 g/mol. The van der Waals surface area contributed by atoms with Crippen LogP contribution in [0.4, 0.5) is 0 Å². The summed E-state index contributed by atoms with van der Waals surface area (Å²) in [4.78, 5) is 29.4. The number of nitrogens with one attached hydrogen (secondary N) is 1. The molecule has 1 aliphatic rings. The van der Waals surface area contributed by atoms with Crippen molar-refractivity contribution in [3.8, 4) is 0 Å². The molecule has 6 nitrogen and oxygen atoms in total. The highest BCUT2D eigenvalue weighted by atomic mass is 16.5. The molecule has 0 radical (unpaired) electrons. The van der Waals surface area contributed by atoms with Gasteiger partial charge in [-0.15, -0.1) is 0 Å². The Morgan fingerprint density at radius 3 is 2.84 bits per heavy atom. The molecule has 0 amide bonds. The highest BCUT2D eigenvalue weighted by Gasteiger charge is 2.26. The Labute approximate surface area is 147 Å². The number of hydrogen-bond donors (Lipinski definition) is 1. The fraction of sp³-hybridized carbons (Fsp3) is 0.526. The molecular weight excluding hydrogens is 318 g/mol. The lowest BCUT2D eigenvalue weighted by molar-refractivity contribution is 0.0516. The highest BCUT2D eigenvalue weighted by molar-refractivity contribution is 5.89. The third kappa shape index (κ3) is 3.58. The van der Waals surface area contributed by atoms with Crippen LogP contribution in [0.2, 0.25) is 0 Å². The van der Waals surface area contributed by atoms with Gasteiger partial charge < -0.3 is 14.6 Å². The Morgan fingerprint density at radius 2 is 2.16 bits per heavy atom. The quantitative estimate of drug-likeness (QED) is 0.845. The first-order valence-corrected chi connectivity index (χ1v) is 8.95. The van der Waals surface area contributed by atoms with Gasteiger partial charge in [-0.3, -0.25) is 4.79 Å². The van der Waals surface area contributed by atoms with E-state index in [2.05, 4.69) is 17.2 Å². The average Bonchev–Trinajstić information content (AvgIpc) is 2.99. The summed E-state index contributed by atoms with van der Waals surface area (Å²) in [5.74, 6) is -0.660. The van der Waals surface area contributed by atoms with Crippen LogP contribution in [0.5, 0.6) is 0 Å². The van der Waals surface area contributed by atoms with Gasteiger partial charge in [0.2, 0.25) is 5.69 Å². The molecule has 1 N–H and O–H groups in total. The van der Waals surface area contributed by atoms with E-state index < -0.39 is 5.97 Å². The molecule has 3 atom stereocenters. The second kappa shape index (κ2) is 7.35. The lowest BCUT2D eigenvalue weighted by Gasteiger charge is -2.22. The van der Waals surface area contributed by atoms with Gasteiger partial charge in [-0.05, 0) is 52.2 Å². The molecule has 1 saturated heterocycles. The Kier molecular flexibility index (Phi) is 5.18. The lowest BCUT2D eigenvalue weighted by Crippen LogP contribution is -2.35. The molecule has 1 aromatic heterocycles. The van der Waals surface area contributed by atoms with E-state index >= 15 is 0 Å². The van der Waals surface area contributed by atoms with Gasteiger partial charge in [0.15, 0.2) is 0 Å². The Bertz CT molecular complexity index is 830. The van der Waals surface area contributed by atoms with Crippen LogP contribution in [0.15, 0.2) is 29.1 Å². The lowest BCUT2D eigenvalue weighted by atomic mass is 10.1. The molecule has 25 heavy (non-hydrogen) atoms. The molecule has 134 valence electrons. The van der Waals surface area contributed by atoms with Crippen LogP contribution in [0, 0.1) is 0 Å². The standard InChI is InChI=1S/C19H25N3O3/c1-4-25-19(24)17-18(23)22(16-8-6-5-7-15(16)21-17)13(3)11-14-10-9-12(2)20-14/h5-8,12-14,20H,4,9-11H2,1-3H3. The monoisotopic (exact) mass is 343 g/mol. The summed E-state index contributed by atoms with van der Waals surface area (Å²) >= 11 is 0. The maximum Gasteiger partial charge on any atom is 0.362 e. The molecule has 0 aliphatic carbocycles. The first-order valence-electron chi connectivity index (χ1n) is 8.95. The number of rotatable bonds is 5. The molecule has 1 aromatic carbocycles. The Hall–Kier alpha value is -2.21. The van der Waals surface area contributed by atoms with Gasteiger partial charge in [0.25, 0.3) is 5.56 Å².